The first-order chi connectivity index (χ1) is 8.63. The summed E-state index contributed by atoms with van der Waals surface area (Å²) in [6.45, 7) is 1.55. The lowest BCUT2D eigenvalue weighted by atomic mass is 9.99. The van der Waals surface area contributed by atoms with Crippen LogP contribution in [0.2, 0.25) is 0 Å². The van der Waals surface area contributed by atoms with Crippen LogP contribution in [0.3, 0.4) is 0 Å². The molecule has 18 heavy (non-hydrogen) atoms. The van der Waals surface area contributed by atoms with E-state index in [2.05, 4.69) is 4.74 Å². The van der Waals surface area contributed by atoms with Gasteiger partial charge in [-0.25, -0.2) is 4.79 Å². The van der Waals surface area contributed by atoms with Crippen molar-refractivity contribution in [2.45, 2.75) is 12.8 Å². The highest BCUT2D eigenvalue weighted by atomic mass is 16.5. The van der Waals surface area contributed by atoms with Crippen molar-refractivity contribution in [1.29, 1.82) is 0 Å². The predicted octanol–water partition coefficient (Wildman–Crippen LogP) is 2.06. The molecule has 0 spiro atoms. The van der Waals surface area contributed by atoms with E-state index < -0.39 is 5.97 Å². The van der Waals surface area contributed by atoms with Crippen molar-refractivity contribution in [1.82, 2.24) is 0 Å². The molecule has 0 saturated carbocycles. The quantitative estimate of drug-likeness (QED) is 0.591. The van der Waals surface area contributed by atoms with Crippen LogP contribution in [0, 0.1) is 0 Å². The molecule has 1 unspecified atom stereocenters. The molecule has 0 radical (unpaired) electrons. The maximum absolute atomic E-state index is 11.1. The molecule has 0 amide bonds. The average Bonchev–Trinajstić information content (AvgIpc) is 2.39. The van der Waals surface area contributed by atoms with Crippen molar-refractivity contribution in [2.75, 3.05) is 13.7 Å². The second-order valence-electron chi connectivity index (χ2n) is 3.70. The topological polar surface area (TPSA) is 52.6 Å². The predicted molar refractivity (Wildman–Crippen MR) is 67.0 cm³/mol. The lowest BCUT2D eigenvalue weighted by molar-refractivity contribution is -0.141. The fourth-order valence-electron chi connectivity index (χ4n) is 1.43. The van der Waals surface area contributed by atoms with Gasteiger partial charge >= 0.3 is 11.9 Å². The first-order valence-corrected chi connectivity index (χ1v) is 5.58. The molecule has 4 heteroatoms. The minimum absolute atomic E-state index is 0.158. The molecule has 1 atom stereocenters. The summed E-state index contributed by atoms with van der Waals surface area (Å²) in [6, 6.07) is 9.51. The summed E-state index contributed by atoms with van der Waals surface area (Å²) in [4.78, 5) is 21.9. The van der Waals surface area contributed by atoms with Crippen LogP contribution in [0.4, 0.5) is 0 Å². The van der Waals surface area contributed by atoms with Gasteiger partial charge in [-0.1, -0.05) is 36.4 Å². The lowest BCUT2D eigenvalue weighted by Crippen LogP contribution is -2.09. The number of methoxy groups -OCH3 is 1. The molecule has 0 aromatic heterocycles. The van der Waals surface area contributed by atoms with Gasteiger partial charge in [0.15, 0.2) is 0 Å². The second kappa shape index (κ2) is 7.27. The van der Waals surface area contributed by atoms with Gasteiger partial charge in [0.25, 0.3) is 0 Å². The summed E-state index contributed by atoms with van der Waals surface area (Å²) in [5, 5.41) is 0. The number of esters is 2. The van der Waals surface area contributed by atoms with E-state index in [-0.39, 0.29) is 18.5 Å². The van der Waals surface area contributed by atoms with Gasteiger partial charge in [-0.15, -0.1) is 0 Å². The molecule has 0 aliphatic carbocycles. The summed E-state index contributed by atoms with van der Waals surface area (Å²) in [7, 11) is 1.32. The van der Waals surface area contributed by atoms with E-state index in [0.29, 0.717) is 0 Å². The largest absolute Gasteiger partial charge is 0.466 e. The number of hydrogen-bond donors (Lipinski definition) is 0. The Bertz CT molecular complexity index is 423. The zero-order chi connectivity index (χ0) is 13.4. The van der Waals surface area contributed by atoms with Crippen LogP contribution in [0.1, 0.15) is 18.4 Å². The maximum Gasteiger partial charge on any atom is 0.330 e. The molecular weight excluding hydrogens is 232 g/mol. The van der Waals surface area contributed by atoms with Crippen molar-refractivity contribution < 1.29 is 19.1 Å². The average molecular weight is 248 g/mol. The molecule has 0 heterocycles. The third-order valence-electron chi connectivity index (χ3n) is 2.36. The summed E-state index contributed by atoms with van der Waals surface area (Å²) in [6.07, 6.45) is 3.01. The van der Waals surface area contributed by atoms with Crippen LogP contribution in [0.15, 0.2) is 42.5 Å². The Morgan fingerprint density at radius 1 is 1.28 bits per heavy atom. The van der Waals surface area contributed by atoms with E-state index >= 15 is 0 Å². The van der Waals surface area contributed by atoms with Gasteiger partial charge in [0.1, 0.15) is 6.61 Å². The van der Waals surface area contributed by atoms with Crippen molar-refractivity contribution in [2.24, 2.45) is 0 Å². The van der Waals surface area contributed by atoms with Gasteiger partial charge < -0.3 is 9.47 Å². The first kappa shape index (κ1) is 14.0. The molecule has 0 bridgehead atoms. The third-order valence-corrected chi connectivity index (χ3v) is 2.36. The molecule has 0 fully saturated rings. The van der Waals surface area contributed by atoms with Gasteiger partial charge in [-0.05, 0) is 5.56 Å². The number of carbonyl (C=O) groups is 2. The summed E-state index contributed by atoms with van der Waals surface area (Å²) in [5.41, 5.74) is 0.971. The van der Waals surface area contributed by atoms with E-state index in [1.165, 1.54) is 20.1 Å². The normalized spacial score (nSPS) is 12.1. The summed E-state index contributed by atoms with van der Waals surface area (Å²) < 4.78 is 9.51. The van der Waals surface area contributed by atoms with Crippen LogP contribution in [-0.2, 0) is 19.1 Å². The van der Waals surface area contributed by atoms with Crippen molar-refractivity contribution in [3.63, 3.8) is 0 Å². The summed E-state index contributed by atoms with van der Waals surface area (Å²) >= 11 is 0. The molecule has 0 aliphatic rings. The first-order valence-electron chi connectivity index (χ1n) is 5.58. The Kier molecular flexibility index (Phi) is 5.64. The minimum atomic E-state index is -0.432. The van der Waals surface area contributed by atoms with Crippen LogP contribution in [-0.4, -0.2) is 25.7 Å². The highest BCUT2D eigenvalue weighted by Gasteiger charge is 2.10. The third kappa shape index (κ3) is 4.82. The molecule has 4 nitrogen and oxygen atoms in total. The fourth-order valence-corrected chi connectivity index (χ4v) is 1.43. The van der Waals surface area contributed by atoms with E-state index in [4.69, 9.17) is 4.74 Å². The molecule has 1 aromatic rings. The van der Waals surface area contributed by atoms with Gasteiger partial charge in [0.2, 0.25) is 0 Å². The monoisotopic (exact) mass is 248 g/mol. The van der Waals surface area contributed by atoms with Gasteiger partial charge in [0, 0.05) is 18.9 Å². The Balaban J connectivity index is 2.78. The summed E-state index contributed by atoms with van der Waals surface area (Å²) in [5.74, 6) is -0.935. The zero-order valence-corrected chi connectivity index (χ0v) is 10.5. The van der Waals surface area contributed by atoms with Crippen LogP contribution in [0.5, 0.6) is 0 Å². The minimum Gasteiger partial charge on any atom is -0.466 e. The molecule has 0 saturated heterocycles. The van der Waals surface area contributed by atoms with E-state index in [9.17, 15) is 9.59 Å². The fraction of sp³-hybridized carbons (Fsp3) is 0.286. The highest BCUT2D eigenvalue weighted by Crippen LogP contribution is 2.17. The van der Waals surface area contributed by atoms with Gasteiger partial charge in [0.05, 0.1) is 7.11 Å². The number of ether oxygens (including phenoxy) is 2. The van der Waals surface area contributed by atoms with Gasteiger partial charge in [-0.2, -0.15) is 0 Å². The van der Waals surface area contributed by atoms with Crippen LogP contribution in [0.25, 0.3) is 0 Å². The molecule has 1 aromatic carbocycles. The SMILES string of the molecule is COC(=O)/C=C/C(COC(C)=O)c1ccccc1. The van der Waals surface area contributed by atoms with Crippen LogP contribution < -0.4 is 0 Å². The Labute approximate surface area is 106 Å². The Morgan fingerprint density at radius 3 is 2.50 bits per heavy atom. The zero-order valence-electron chi connectivity index (χ0n) is 10.5. The molecule has 96 valence electrons. The Morgan fingerprint density at radius 2 is 1.94 bits per heavy atom. The smallest absolute Gasteiger partial charge is 0.330 e. The van der Waals surface area contributed by atoms with Crippen LogP contribution >= 0.6 is 0 Å². The maximum atomic E-state index is 11.1. The number of benzene rings is 1. The Hall–Kier alpha value is -2.10. The molecular formula is C14H16O4. The van der Waals surface area contributed by atoms with E-state index in [1.807, 2.05) is 30.3 Å². The van der Waals surface area contributed by atoms with Gasteiger partial charge in [-0.3, -0.25) is 4.79 Å². The highest BCUT2D eigenvalue weighted by molar-refractivity contribution is 5.81. The standard InChI is InChI=1S/C14H16O4/c1-11(15)18-10-13(8-9-14(16)17-2)12-6-4-3-5-7-12/h3-9,13H,10H2,1-2H3/b9-8+. The molecule has 0 aliphatic heterocycles. The van der Waals surface area contributed by atoms with Crippen molar-refractivity contribution in [3.8, 4) is 0 Å². The number of hydrogen-bond acceptors (Lipinski definition) is 4. The number of rotatable bonds is 5. The second-order valence-corrected chi connectivity index (χ2v) is 3.70. The van der Waals surface area contributed by atoms with Crippen molar-refractivity contribution in [3.05, 3.63) is 48.0 Å². The van der Waals surface area contributed by atoms with E-state index in [0.717, 1.165) is 5.56 Å². The lowest BCUT2D eigenvalue weighted by Gasteiger charge is -2.12. The van der Waals surface area contributed by atoms with Crippen molar-refractivity contribution >= 4 is 11.9 Å². The van der Waals surface area contributed by atoms with E-state index in [1.54, 1.807) is 6.08 Å². The number of carbonyl (C=O) groups excluding carboxylic acids is 2. The molecule has 0 N–H and O–H groups in total. The molecule has 1 rings (SSSR count).